The van der Waals surface area contributed by atoms with Crippen LogP contribution in [0.15, 0.2) is 57.8 Å². The van der Waals surface area contributed by atoms with Crippen LogP contribution in [0.4, 0.5) is 18.9 Å². The first-order valence-corrected chi connectivity index (χ1v) is 9.46. The highest BCUT2D eigenvalue weighted by Crippen LogP contribution is 2.30. The summed E-state index contributed by atoms with van der Waals surface area (Å²) in [5.74, 6) is 1.22. The van der Waals surface area contributed by atoms with E-state index in [1.807, 2.05) is 0 Å². The SMILES string of the molecule is Cc1nc(-c2ccc(N=S(C)(=O)c3ccc(C(F)(F)F)cc3)cc2)n[nH]1. The molecule has 0 aliphatic heterocycles. The topological polar surface area (TPSA) is 71.0 Å². The average Bonchev–Trinajstić information content (AvgIpc) is 3.01. The van der Waals surface area contributed by atoms with Crippen LogP contribution in [-0.2, 0) is 15.9 Å². The van der Waals surface area contributed by atoms with Crippen LogP contribution in [0, 0.1) is 6.92 Å². The molecule has 0 saturated carbocycles. The summed E-state index contributed by atoms with van der Waals surface area (Å²) in [6.07, 6.45) is -3.04. The van der Waals surface area contributed by atoms with E-state index < -0.39 is 21.5 Å². The third-order valence-electron chi connectivity index (χ3n) is 3.62. The molecule has 0 aliphatic carbocycles. The smallest absolute Gasteiger partial charge is 0.263 e. The maximum atomic E-state index is 12.8. The Hall–Kier alpha value is -2.68. The number of hydrogen-bond donors (Lipinski definition) is 1. The molecule has 1 atom stereocenters. The highest BCUT2D eigenvalue weighted by molar-refractivity contribution is 7.93. The molecule has 5 nitrogen and oxygen atoms in total. The zero-order chi connectivity index (χ0) is 18.9. The standard InChI is InChI=1S/C17H15F3N4OS/c1-11-21-16(23-22-11)12-3-7-14(8-4-12)24-26(2,25)15-9-5-13(6-10-15)17(18,19)20/h3-10H,1-2H3,(H,21,22,23). The fraction of sp³-hybridized carbons (Fsp3) is 0.176. The fourth-order valence-electron chi connectivity index (χ4n) is 2.29. The van der Waals surface area contributed by atoms with Crippen molar-refractivity contribution in [3.63, 3.8) is 0 Å². The second kappa shape index (κ2) is 6.56. The Bertz CT molecular complexity index is 1030. The number of nitrogens with one attached hydrogen (secondary N) is 1. The largest absolute Gasteiger partial charge is 0.416 e. The molecule has 1 N–H and O–H groups in total. The minimum Gasteiger partial charge on any atom is -0.263 e. The molecule has 0 saturated heterocycles. The van der Waals surface area contributed by atoms with Crippen molar-refractivity contribution in [2.45, 2.75) is 18.0 Å². The van der Waals surface area contributed by atoms with E-state index >= 15 is 0 Å². The molecule has 26 heavy (non-hydrogen) atoms. The number of rotatable bonds is 3. The van der Waals surface area contributed by atoms with Gasteiger partial charge in [0.15, 0.2) is 5.82 Å². The van der Waals surface area contributed by atoms with Gasteiger partial charge in [-0.05, 0) is 55.5 Å². The lowest BCUT2D eigenvalue weighted by Crippen LogP contribution is -2.05. The Morgan fingerprint density at radius 3 is 2.15 bits per heavy atom. The van der Waals surface area contributed by atoms with Crippen molar-refractivity contribution in [1.82, 2.24) is 15.2 Å². The fourth-order valence-corrected chi connectivity index (χ4v) is 3.56. The second-order valence-corrected chi connectivity index (χ2v) is 7.97. The summed E-state index contributed by atoms with van der Waals surface area (Å²) in [4.78, 5) is 4.45. The Balaban J connectivity index is 1.89. The van der Waals surface area contributed by atoms with Crippen LogP contribution in [0.5, 0.6) is 0 Å². The molecule has 0 fully saturated rings. The predicted molar refractivity (Wildman–Crippen MR) is 92.4 cm³/mol. The van der Waals surface area contributed by atoms with Gasteiger partial charge in [0.05, 0.1) is 21.0 Å². The molecule has 0 spiro atoms. The quantitative estimate of drug-likeness (QED) is 0.723. The predicted octanol–water partition coefficient (Wildman–Crippen LogP) is 4.59. The summed E-state index contributed by atoms with van der Waals surface area (Å²) in [7, 11) is -2.88. The number of nitrogens with zero attached hydrogens (tertiary/aromatic N) is 3. The normalized spacial score (nSPS) is 14.0. The van der Waals surface area contributed by atoms with Crippen LogP contribution in [-0.4, -0.2) is 25.6 Å². The average molecular weight is 380 g/mol. The zero-order valence-corrected chi connectivity index (χ0v) is 14.7. The molecule has 0 bridgehead atoms. The van der Waals surface area contributed by atoms with Crippen molar-refractivity contribution in [1.29, 1.82) is 0 Å². The van der Waals surface area contributed by atoms with E-state index in [1.54, 1.807) is 31.2 Å². The van der Waals surface area contributed by atoms with Gasteiger partial charge >= 0.3 is 6.18 Å². The third-order valence-corrected chi connectivity index (χ3v) is 5.33. The summed E-state index contributed by atoms with van der Waals surface area (Å²) < 4.78 is 54.9. The Morgan fingerprint density at radius 1 is 1.04 bits per heavy atom. The van der Waals surface area contributed by atoms with Crippen molar-refractivity contribution in [2.24, 2.45) is 4.36 Å². The summed E-state index contributed by atoms with van der Waals surface area (Å²) in [6.45, 7) is 1.79. The molecule has 9 heteroatoms. The summed E-state index contributed by atoms with van der Waals surface area (Å²) in [5.41, 5.74) is 0.432. The van der Waals surface area contributed by atoms with Crippen LogP contribution in [0.1, 0.15) is 11.4 Å². The van der Waals surface area contributed by atoms with Gasteiger partial charge in [-0.3, -0.25) is 5.10 Å². The minimum absolute atomic E-state index is 0.235. The molecule has 1 aromatic heterocycles. The summed E-state index contributed by atoms with van der Waals surface area (Å²) >= 11 is 0. The molecule has 136 valence electrons. The van der Waals surface area contributed by atoms with Gasteiger partial charge in [-0.2, -0.15) is 22.6 Å². The van der Waals surface area contributed by atoms with Crippen molar-refractivity contribution >= 4 is 15.4 Å². The van der Waals surface area contributed by atoms with Gasteiger partial charge in [0.2, 0.25) is 0 Å². The van der Waals surface area contributed by atoms with Crippen molar-refractivity contribution < 1.29 is 17.4 Å². The van der Waals surface area contributed by atoms with E-state index in [1.165, 1.54) is 18.4 Å². The third kappa shape index (κ3) is 3.93. The van der Waals surface area contributed by atoms with Crippen LogP contribution in [0.2, 0.25) is 0 Å². The Labute approximate surface area is 148 Å². The Kier molecular flexibility index (Phi) is 4.57. The molecule has 3 rings (SSSR count). The Morgan fingerprint density at radius 2 is 1.65 bits per heavy atom. The van der Waals surface area contributed by atoms with E-state index in [9.17, 15) is 17.4 Å². The number of H-pyrrole nitrogens is 1. The first kappa shape index (κ1) is 18.1. The van der Waals surface area contributed by atoms with Crippen molar-refractivity contribution in [3.8, 4) is 11.4 Å². The van der Waals surface area contributed by atoms with E-state index in [0.29, 0.717) is 17.3 Å². The molecular formula is C17H15F3N4OS. The van der Waals surface area contributed by atoms with Gasteiger partial charge < -0.3 is 0 Å². The number of benzene rings is 2. The van der Waals surface area contributed by atoms with Gasteiger partial charge in [0, 0.05) is 16.7 Å². The molecule has 0 radical (unpaired) electrons. The molecule has 1 unspecified atom stereocenters. The molecule has 0 amide bonds. The molecule has 2 aromatic carbocycles. The van der Waals surface area contributed by atoms with Crippen LogP contribution in [0.25, 0.3) is 11.4 Å². The first-order valence-electron chi connectivity index (χ1n) is 7.54. The van der Waals surface area contributed by atoms with Gasteiger partial charge in [-0.1, -0.05) is 0 Å². The van der Waals surface area contributed by atoms with E-state index in [4.69, 9.17) is 0 Å². The van der Waals surface area contributed by atoms with E-state index in [2.05, 4.69) is 19.5 Å². The van der Waals surface area contributed by atoms with Crippen LogP contribution < -0.4 is 0 Å². The van der Waals surface area contributed by atoms with E-state index in [0.717, 1.165) is 17.7 Å². The highest BCUT2D eigenvalue weighted by atomic mass is 32.2. The lowest BCUT2D eigenvalue weighted by Gasteiger charge is -2.09. The lowest BCUT2D eigenvalue weighted by molar-refractivity contribution is -0.137. The van der Waals surface area contributed by atoms with Crippen LogP contribution in [0.3, 0.4) is 0 Å². The highest BCUT2D eigenvalue weighted by Gasteiger charge is 2.30. The number of halogens is 3. The molecule has 1 heterocycles. The lowest BCUT2D eigenvalue weighted by atomic mass is 10.2. The number of hydrogen-bond acceptors (Lipinski definition) is 4. The van der Waals surface area contributed by atoms with E-state index in [-0.39, 0.29) is 4.90 Å². The molecule has 0 aliphatic rings. The van der Waals surface area contributed by atoms with Crippen LogP contribution >= 0.6 is 0 Å². The molecular weight excluding hydrogens is 365 g/mol. The molecule has 3 aromatic rings. The van der Waals surface area contributed by atoms with Gasteiger partial charge in [-0.15, -0.1) is 0 Å². The number of aromatic amines is 1. The maximum Gasteiger partial charge on any atom is 0.416 e. The number of aryl methyl sites for hydroxylation is 1. The van der Waals surface area contributed by atoms with Crippen molar-refractivity contribution in [3.05, 3.63) is 59.9 Å². The monoisotopic (exact) mass is 380 g/mol. The zero-order valence-electron chi connectivity index (χ0n) is 13.9. The minimum atomic E-state index is -4.43. The first-order chi connectivity index (χ1) is 12.1. The van der Waals surface area contributed by atoms with Gasteiger partial charge in [-0.25, -0.2) is 9.19 Å². The van der Waals surface area contributed by atoms with Gasteiger partial charge in [0.25, 0.3) is 0 Å². The van der Waals surface area contributed by atoms with Gasteiger partial charge in [0.1, 0.15) is 5.82 Å². The maximum absolute atomic E-state index is 12.8. The summed E-state index contributed by atoms with van der Waals surface area (Å²) in [5, 5.41) is 6.80. The number of alkyl halides is 3. The second-order valence-electron chi connectivity index (χ2n) is 5.71. The number of aromatic nitrogens is 3. The summed E-state index contributed by atoms with van der Waals surface area (Å²) in [6, 6.07) is 11.0. The van der Waals surface area contributed by atoms with Crippen molar-refractivity contribution in [2.75, 3.05) is 6.26 Å².